The summed E-state index contributed by atoms with van der Waals surface area (Å²) in [5, 5.41) is 0. The van der Waals surface area contributed by atoms with Gasteiger partial charge in [-0.05, 0) is 31.3 Å². The molecule has 108 valence electrons. The highest BCUT2D eigenvalue weighted by molar-refractivity contribution is 5.89. The van der Waals surface area contributed by atoms with Crippen LogP contribution in [-0.4, -0.2) is 62.2 Å². The van der Waals surface area contributed by atoms with Crippen molar-refractivity contribution in [1.82, 2.24) is 9.80 Å². The molecule has 1 aliphatic rings. The molecule has 0 saturated carbocycles. The molecule has 0 aromatic heterocycles. The summed E-state index contributed by atoms with van der Waals surface area (Å²) in [6.07, 6.45) is -0.357. The van der Waals surface area contributed by atoms with Crippen molar-refractivity contribution in [3.8, 4) is 5.75 Å². The topological polar surface area (TPSA) is 59.1 Å². The summed E-state index contributed by atoms with van der Waals surface area (Å²) in [4.78, 5) is 27.1. The Labute approximate surface area is 117 Å². The van der Waals surface area contributed by atoms with Gasteiger partial charge in [-0.25, -0.2) is 9.59 Å². The minimum atomic E-state index is -0.415. The van der Waals surface area contributed by atoms with Crippen molar-refractivity contribution in [3.05, 3.63) is 29.8 Å². The maximum Gasteiger partial charge on any atom is 0.415 e. The molecule has 2 rings (SSSR count). The van der Waals surface area contributed by atoms with Gasteiger partial charge in [0.05, 0.1) is 12.7 Å². The molecule has 0 radical (unpaired) electrons. The number of hydrogen-bond acceptors (Lipinski definition) is 5. The molecule has 1 saturated heterocycles. The van der Waals surface area contributed by atoms with Crippen molar-refractivity contribution in [2.24, 2.45) is 0 Å². The molecular formula is C14H18N2O4. The first kappa shape index (κ1) is 14.3. The lowest BCUT2D eigenvalue weighted by Gasteiger charge is -2.31. The van der Waals surface area contributed by atoms with E-state index in [0.29, 0.717) is 24.4 Å². The van der Waals surface area contributed by atoms with E-state index < -0.39 is 5.97 Å². The molecule has 6 heteroatoms. The zero-order valence-corrected chi connectivity index (χ0v) is 11.7. The van der Waals surface area contributed by atoms with Crippen LogP contribution in [0.4, 0.5) is 4.79 Å². The van der Waals surface area contributed by atoms with Gasteiger partial charge in [0, 0.05) is 26.2 Å². The second-order valence-corrected chi connectivity index (χ2v) is 4.67. The molecule has 20 heavy (non-hydrogen) atoms. The van der Waals surface area contributed by atoms with E-state index in [0.717, 1.165) is 13.1 Å². The lowest BCUT2D eigenvalue weighted by atomic mass is 10.2. The fourth-order valence-electron chi connectivity index (χ4n) is 1.93. The third-order valence-electron chi connectivity index (χ3n) is 3.24. The molecule has 1 aliphatic heterocycles. The SMILES string of the molecule is COC(=O)c1ccc(OC(=O)N2CCN(C)CC2)cc1. The van der Waals surface area contributed by atoms with E-state index in [1.54, 1.807) is 29.2 Å². The zero-order chi connectivity index (χ0) is 14.5. The molecule has 1 fully saturated rings. The predicted molar refractivity (Wildman–Crippen MR) is 72.9 cm³/mol. The number of carbonyl (C=O) groups excluding carboxylic acids is 2. The summed E-state index contributed by atoms with van der Waals surface area (Å²) in [5.74, 6) is 0.00326. The quantitative estimate of drug-likeness (QED) is 0.761. The number of piperazine rings is 1. The second kappa shape index (κ2) is 6.38. The third-order valence-corrected chi connectivity index (χ3v) is 3.24. The van der Waals surface area contributed by atoms with Crippen LogP contribution in [0, 0.1) is 0 Å². The summed E-state index contributed by atoms with van der Waals surface area (Å²) in [6, 6.07) is 6.30. The fraction of sp³-hybridized carbons (Fsp3) is 0.429. The lowest BCUT2D eigenvalue weighted by molar-refractivity contribution is 0.0600. The van der Waals surface area contributed by atoms with E-state index in [2.05, 4.69) is 9.64 Å². The molecule has 1 aromatic rings. The normalized spacial score (nSPS) is 15.8. The molecule has 1 amide bonds. The van der Waals surface area contributed by atoms with Gasteiger partial charge < -0.3 is 19.3 Å². The number of amides is 1. The largest absolute Gasteiger partial charge is 0.465 e. The zero-order valence-electron chi connectivity index (χ0n) is 11.7. The molecule has 0 atom stereocenters. The average Bonchev–Trinajstić information content (AvgIpc) is 2.48. The first-order valence-corrected chi connectivity index (χ1v) is 6.44. The van der Waals surface area contributed by atoms with Gasteiger partial charge in [-0.15, -0.1) is 0 Å². The second-order valence-electron chi connectivity index (χ2n) is 4.67. The molecule has 0 spiro atoms. The Kier molecular flexibility index (Phi) is 4.57. The number of benzene rings is 1. The van der Waals surface area contributed by atoms with Gasteiger partial charge in [-0.1, -0.05) is 0 Å². The Morgan fingerprint density at radius 2 is 1.65 bits per heavy atom. The van der Waals surface area contributed by atoms with E-state index in [4.69, 9.17) is 4.74 Å². The smallest absolute Gasteiger partial charge is 0.415 e. The van der Waals surface area contributed by atoms with E-state index >= 15 is 0 Å². The Balaban J connectivity index is 1.92. The number of rotatable bonds is 2. The number of carbonyl (C=O) groups is 2. The van der Waals surface area contributed by atoms with Crippen LogP contribution >= 0.6 is 0 Å². The summed E-state index contributed by atoms with van der Waals surface area (Å²) in [5.41, 5.74) is 0.423. The van der Waals surface area contributed by atoms with Gasteiger partial charge in [0.25, 0.3) is 0 Å². The maximum atomic E-state index is 11.9. The van der Waals surface area contributed by atoms with Crippen LogP contribution in [0.2, 0.25) is 0 Å². The molecule has 1 aromatic carbocycles. The Hall–Kier alpha value is -2.08. The van der Waals surface area contributed by atoms with Crippen LogP contribution in [0.25, 0.3) is 0 Å². The van der Waals surface area contributed by atoms with Crippen molar-refractivity contribution in [2.45, 2.75) is 0 Å². The highest BCUT2D eigenvalue weighted by Gasteiger charge is 2.20. The minimum absolute atomic E-state index is 0.357. The van der Waals surface area contributed by atoms with Crippen molar-refractivity contribution in [1.29, 1.82) is 0 Å². The molecule has 1 heterocycles. The number of likely N-dealkylation sites (N-methyl/N-ethyl adjacent to an activating group) is 1. The van der Waals surface area contributed by atoms with E-state index in [1.807, 2.05) is 7.05 Å². The van der Waals surface area contributed by atoms with Crippen molar-refractivity contribution >= 4 is 12.1 Å². The predicted octanol–water partition coefficient (Wildman–Crippen LogP) is 1.22. The van der Waals surface area contributed by atoms with Gasteiger partial charge in [0.15, 0.2) is 0 Å². The van der Waals surface area contributed by atoms with Crippen LogP contribution in [0.1, 0.15) is 10.4 Å². The van der Waals surface area contributed by atoms with Gasteiger partial charge in [0.2, 0.25) is 0 Å². The number of nitrogens with zero attached hydrogens (tertiary/aromatic N) is 2. The number of ether oxygens (including phenoxy) is 2. The summed E-state index contributed by atoms with van der Waals surface area (Å²) in [6.45, 7) is 3.01. The van der Waals surface area contributed by atoms with Crippen LogP contribution in [0.5, 0.6) is 5.75 Å². The monoisotopic (exact) mass is 278 g/mol. The van der Waals surface area contributed by atoms with Crippen LogP contribution in [-0.2, 0) is 4.74 Å². The van der Waals surface area contributed by atoms with Gasteiger partial charge >= 0.3 is 12.1 Å². The van der Waals surface area contributed by atoms with E-state index in [1.165, 1.54) is 7.11 Å². The fourth-order valence-corrected chi connectivity index (χ4v) is 1.93. The first-order chi connectivity index (χ1) is 9.60. The van der Waals surface area contributed by atoms with E-state index in [9.17, 15) is 9.59 Å². The van der Waals surface area contributed by atoms with Gasteiger partial charge in [-0.3, -0.25) is 0 Å². The van der Waals surface area contributed by atoms with Gasteiger partial charge in [0.1, 0.15) is 5.75 Å². The van der Waals surface area contributed by atoms with Gasteiger partial charge in [-0.2, -0.15) is 0 Å². The van der Waals surface area contributed by atoms with Crippen molar-refractivity contribution in [3.63, 3.8) is 0 Å². The number of methoxy groups -OCH3 is 1. The van der Waals surface area contributed by atoms with E-state index in [-0.39, 0.29) is 6.09 Å². The molecule has 0 bridgehead atoms. The standard InChI is InChI=1S/C14H18N2O4/c1-15-7-9-16(10-8-15)14(18)20-12-5-3-11(4-6-12)13(17)19-2/h3-6H,7-10H2,1-2H3. The van der Waals surface area contributed by atoms with Crippen LogP contribution < -0.4 is 4.74 Å². The molecule has 0 aliphatic carbocycles. The summed E-state index contributed by atoms with van der Waals surface area (Å²) in [7, 11) is 3.35. The molecular weight excluding hydrogens is 260 g/mol. The van der Waals surface area contributed by atoms with Crippen LogP contribution in [0.15, 0.2) is 24.3 Å². The minimum Gasteiger partial charge on any atom is -0.465 e. The Morgan fingerprint density at radius 1 is 1.05 bits per heavy atom. The average molecular weight is 278 g/mol. The number of hydrogen-bond donors (Lipinski definition) is 0. The molecule has 0 unspecified atom stereocenters. The van der Waals surface area contributed by atoms with Crippen molar-refractivity contribution in [2.75, 3.05) is 40.3 Å². The Morgan fingerprint density at radius 3 is 2.20 bits per heavy atom. The van der Waals surface area contributed by atoms with Crippen LogP contribution in [0.3, 0.4) is 0 Å². The summed E-state index contributed by atoms with van der Waals surface area (Å²) < 4.78 is 9.88. The highest BCUT2D eigenvalue weighted by atomic mass is 16.6. The van der Waals surface area contributed by atoms with Crippen molar-refractivity contribution < 1.29 is 19.1 Å². The maximum absolute atomic E-state index is 11.9. The third kappa shape index (κ3) is 3.48. The highest BCUT2D eigenvalue weighted by Crippen LogP contribution is 2.14. The summed E-state index contributed by atoms with van der Waals surface area (Å²) >= 11 is 0. The first-order valence-electron chi connectivity index (χ1n) is 6.44. The lowest BCUT2D eigenvalue weighted by Crippen LogP contribution is -2.48. The Bertz CT molecular complexity index is 478. The molecule has 6 nitrogen and oxygen atoms in total. The molecule has 0 N–H and O–H groups in total. The number of esters is 1.